The fraction of sp³-hybridized carbons (Fsp3) is 0.286. The maximum Gasteiger partial charge on any atom is 0.227 e. The largest absolute Gasteiger partial charge is 0.497 e. The van der Waals surface area contributed by atoms with E-state index in [1.165, 1.54) is 0 Å². The highest BCUT2D eigenvalue weighted by molar-refractivity contribution is 5.76. The molecular formula is C21H21N3O4. The highest BCUT2D eigenvalue weighted by Gasteiger charge is 2.21. The molecule has 2 aromatic carbocycles. The first kappa shape index (κ1) is 18.0. The van der Waals surface area contributed by atoms with Crippen LogP contribution in [0.2, 0.25) is 0 Å². The van der Waals surface area contributed by atoms with Crippen molar-refractivity contribution in [3.05, 3.63) is 60.0 Å². The van der Waals surface area contributed by atoms with Gasteiger partial charge in [-0.1, -0.05) is 23.4 Å². The number of nitrogens with zero attached hydrogens (tertiary/aromatic N) is 2. The van der Waals surface area contributed by atoms with Crippen LogP contribution in [0, 0.1) is 0 Å². The van der Waals surface area contributed by atoms with Gasteiger partial charge in [0.05, 0.1) is 13.2 Å². The summed E-state index contributed by atoms with van der Waals surface area (Å²) in [6.45, 7) is 0.477. The molecule has 2 heterocycles. The molecule has 1 N–H and O–H groups in total. The number of aromatic nitrogens is 2. The molecular weight excluding hydrogens is 358 g/mol. The number of ether oxygens (including phenoxy) is 2. The summed E-state index contributed by atoms with van der Waals surface area (Å²) in [6.07, 6.45) is 1.44. The zero-order valence-electron chi connectivity index (χ0n) is 15.6. The molecule has 0 bridgehead atoms. The summed E-state index contributed by atoms with van der Waals surface area (Å²) in [4.78, 5) is 16.6. The summed E-state index contributed by atoms with van der Waals surface area (Å²) < 4.78 is 16.1. The Bertz CT molecular complexity index is 952. The molecule has 0 saturated carbocycles. The van der Waals surface area contributed by atoms with E-state index in [2.05, 4.69) is 15.5 Å². The zero-order chi connectivity index (χ0) is 19.3. The van der Waals surface area contributed by atoms with E-state index in [9.17, 15) is 4.79 Å². The minimum absolute atomic E-state index is 0.0278. The Morgan fingerprint density at radius 3 is 2.86 bits per heavy atom. The van der Waals surface area contributed by atoms with Crippen LogP contribution in [0.4, 0.5) is 0 Å². The van der Waals surface area contributed by atoms with Crippen molar-refractivity contribution in [2.24, 2.45) is 0 Å². The van der Waals surface area contributed by atoms with Crippen LogP contribution in [-0.2, 0) is 17.6 Å². The number of amides is 1. The first-order valence-electron chi connectivity index (χ1n) is 9.18. The summed E-state index contributed by atoms with van der Waals surface area (Å²) >= 11 is 0. The Kier molecular flexibility index (Phi) is 5.23. The van der Waals surface area contributed by atoms with E-state index in [1.54, 1.807) is 7.11 Å². The Balaban J connectivity index is 1.29. The third kappa shape index (κ3) is 4.14. The smallest absolute Gasteiger partial charge is 0.227 e. The highest BCUT2D eigenvalue weighted by Crippen LogP contribution is 2.24. The van der Waals surface area contributed by atoms with E-state index >= 15 is 0 Å². The fourth-order valence-electron chi connectivity index (χ4n) is 3.15. The zero-order valence-corrected chi connectivity index (χ0v) is 15.6. The number of nitrogens with one attached hydrogen (secondary N) is 1. The van der Waals surface area contributed by atoms with Gasteiger partial charge in [-0.25, -0.2) is 0 Å². The average molecular weight is 379 g/mol. The normalized spacial score (nSPS) is 15.4. The Morgan fingerprint density at radius 2 is 2.04 bits per heavy atom. The molecule has 0 aliphatic carbocycles. The summed E-state index contributed by atoms with van der Waals surface area (Å²) in [5.74, 6) is 2.53. The van der Waals surface area contributed by atoms with Gasteiger partial charge in [0.1, 0.15) is 18.1 Å². The van der Waals surface area contributed by atoms with Crippen LogP contribution in [0.3, 0.4) is 0 Å². The molecule has 4 rings (SSSR count). The van der Waals surface area contributed by atoms with Crippen molar-refractivity contribution in [3.63, 3.8) is 0 Å². The lowest BCUT2D eigenvalue weighted by atomic mass is 10.0. The van der Waals surface area contributed by atoms with Gasteiger partial charge < -0.3 is 19.3 Å². The second kappa shape index (κ2) is 8.12. The third-order valence-electron chi connectivity index (χ3n) is 4.63. The lowest BCUT2D eigenvalue weighted by Crippen LogP contribution is -2.42. The highest BCUT2D eigenvalue weighted by atomic mass is 16.5. The molecule has 0 radical (unpaired) electrons. The number of rotatable bonds is 6. The predicted octanol–water partition coefficient (Wildman–Crippen LogP) is 2.80. The number of fused-ring (bicyclic) bond motifs is 1. The SMILES string of the molecule is COc1ccc(-c2noc(CCC(=O)N[C@H]3COc4ccccc4C3)n2)cc1. The molecule has 1 amide bonds. The Hall–Kier alpha value is -3.35. The van der Waals surface area contributed by atoms with Gasteiger partial charge in [-0.05, 0) is 42.3 Å². The number of aryl methyl sites for hydroxylation is 1. The van der Waals surface area contributed by atoms with Crippen molar-refractivity contribution in [1.82, 2.24) is 15.5 Å². The number of hydrogen-bond acceptors (Lipinski definition) is 6. The molecule has 0 saturated heterocycles. The van der Waals surface area contributed by atoms with Gasteiger partial charge in [0.15, 0.2) is 0 Å². The molecule has 1 atom stereocenters. The van der Waals surface area contributed by atoms with Gasteiger partial charge in [0.2, 0.25) is 17.6 Å². The van der Waals surface area contributed by atoms with Crippen LogP contribution in [0.1, 0.15) is 17.9 Å². The number of para-hydroxylation sites is 1. The standard InChI is InChI=1S/C21H21N3O4/c1-26-17-8-6-14(7-9-17)21-23-20(28-24-21)11-10-19(25)22-16-12-15-4-2-3-5-18(15)27-13-16/h2-9,16H,10-13H2,1H3,(H,22,25)/t16-/m1/s1. The Labute approximate surface area is 162 Å². The molecule has 1 aliphatic rings. The fourth-order valence-corrected chi connectivity index (χ4v) is 3.15. The van der Waals surface area contributed by atoms with E-state index in [4.69, 9.17) is 14.0 Å². The lowest BCUT2D eigenvalue weighted by Gasteiger charge is -2.25. The minimum Gasteiger partial charge on any atom is -0.497 e. The van der Waals surface area contributed by atoms with Crippen molar-refractivity contribution in [2.45, 2.75) is 25.3 Å². The van der Waals surface area contributed by atoms with E-state index < -0.39 is 0 Å². The summed E-state index contributed by atoms with van der Waals surface area (Å²) in [6, 6.07) is 15.3. The molecule has 144 valence electrons. The van der Waals surface area contributed by atoms with Crippen molar-refractivity contribution < 1.29 is 18.8 Å². The number of carbonyl (C=O) groups is 1. The van der Waals surface area contributed by atoms with Crippen molar-refractivity contribution in [3.8, 4) is 22.9 Å². The van der Waals surface area contributed by atoms with Gasteiger partial charge in [-0.3, -0.25) is 4.79 Å². The molecule has 7 heteroatoms. The number of carbonyl (C=O) groups excluding carboxylic acids is 1. The monoisotopic (exact) mass is 379 g/mol. The maximum absolute atomic E-state index is 12.3. The number of hydrogen-bond donors (Lipinski definition) is 1. The van der Waals surface area contributed by atoms with Gasteiger partial charge in [0, 0.05) is 18.4 Å². The number of methoxy groups -OCH3 is 1. The maximum atomic E-state index is 12.3. The van der Waals surface area contributed by atoms with Crippen molar-refractivity contribution in [2.75, 3.05) is 13.7 Å². The van der Waals surface area contributed by atoms with Crippen molar-refractivity contribution >= 4 is 5.91 Å². The van der Waals surface area contributed by atoms with E-state index in [1.807, 2.05) is 48.5 Å². The van der Waals surface area contributed by atoms with Crippen molar-refractivity contribution in [1.29, 1.82) is 0 Å². The van der Waals surface area contributed by atoms with Crippen LogP contribution < -0.4 is 14.8 Å². The topological polar surface area (TPSA) is 86.5 Å². The molecule has 0 spiro atoms. The van der Waals surface area contributed by atoms with Gasteiger partial charge in [-0.15, -0.1) is 0 Å². The molecule has 0 fully saturated rings. The predicted molar refractivity (Wildman–Crippen MR) is 102 cm³/mol. The average Bonchev–Trinajstić information content (AvgIpc) is 3.21. The second-order valence-corrected chi connectivity index (χ2v) is 6.63. The second-order valence-electron chi connectivity index (χ2n) is 6.63. The van der Waals surface area contributed by atoms with E-state index in [0.717, 1.165) is 29.0 Å². The summed E-state index contributed by atoms with van der Waals surface area (Å²) in [5, 5.41) is 7.00. The first-order valence-corrected chi connectivity index (χ1v) is 9.18. The van der Waals surface area contributed by atoms with E-state index in [0.29, 0.717) is 24.7 Å². The third-order valence-corrected chi connectivity index (χ3v) is 4.63. The van der Waals surface area contributed by atoms with Crippen LogP contribution >= 0.6 is 0 Å². The van der Waals surface area contributed by atoms with Gasteiger partial charge in [-0.2, -0.15) is 4.98 Å². The molecule has 1 aromatic heterocycles. The van der Waals surface area contributed by atoms with Gasteiger partial charge >= 0.3 is 0 Å². The summed E-state index contributed by atoms with van der Waals surface area (Å²) in [5.41, 5.74) is 1.94. The molecule has 28 heavy (non-hydrogen) atoms. The Morgan fingerprint density at radius 1 is 1.21 bits per heavy atom. The molecule has 0 unspecified atom stereocenters. The molecule has 7 nitrogen and oxygen atoms in total. The van der Waals surface area contributed by atoms with Gasteiger partial charge in [0.25, 0.3) is 0 Å². The van der Waals surface area contributed by atoms with E-state index in [-0.39, 0.29) is 18.4 Å². The number of benzene rings is 2. The lowest BCUT2D eigenvalue weighted by molar-refractivity contribution is -0.122. The minimum atomic E-state index is -0.0582. The quantitative estimate of drug-likeness (QED) is 0.709. The summed E-state index contributed by atoms with van der Waals surface area (Å²) in [7, 11) is 1.62. The van der Waals surface area contributed by atoms with Crippen LogP contribution in [0.5, 0.6) is 11.5 Å². The van der Waals surface area contributed by atoms with Crippen LogP contribution in [0.25, 0.3) is 11.4 Å². The van der Waals surface area contributed by atoms with Crippen LogP contribution in [0.15, 0.2) is 53.1 Å². The molecule has 1 aliphatic heterocycles. The first-order chi connectivity index (χ1) is 13.7. The molecule has 3 aromatic rings. The van der Waals surface area contributed by atoms with Crippen LogP contribution in [-0.4, -0.2) is 35.8 Å².